The summed E-state index contributed by atoms with van der Waals surface area (Å²) in [6.45, 7) is 2.01. The molecule has 0 aliphatic heterocycles. The maximum atomic E-state index is 11.7. The van der Waals surface area contributed by atoms with Crippen LogP contribution in [0.25, 0.3) is 0 Å². The predicted molar refractivity (Wildman–Crippen MR) is 92.6 cm³/mol. The standard InChI is InChI=1S/C14H17BrN4O2S/c1-10-4-6-13(12(15)8-10)17-14-7-5-11(9-16-14)18-22(20,21)19(2)3/h4-9,18H,1-3H3,(H,16,17). The van der Waals surface area contributed by atoms with Crippen LogP contribution in [0.2, 0.25) is 0 Å². The Morgan fingerprint density at radius 3 is 2.45 bits per heavy atom. The van der Waals surface area contributed by atoms with Gasteiger partial charge in [-0.05, 0) is 52.7 Å². The van der Waals surface area contributed by atoms with Gasteiger partial charge in [-0.3, -0.25) is 4.72 Å². The molecule has 1 aromatic carbocycles. The lowest BCUT2D eigenvalue weighted by Crippen LogP contribution is -2.28. The number of pyridine rings is 1. The summed E-state index contributed by atoms with van der Waals surface area (Å²) in [4.78, 5) is 4.20. The molecule has 1 heterocycles. The Hall–Kier alpha value is -1.64. The zero-order valence-electron chi connectivity index (χ0n) is 12.5. The molecule has 0 saturated heterocycles. The molecule has 0 bridgehead atoms. The number of aryl methyl sites for hydroxylation is 1. The van der Waals surface area contributed by atoms with Gasteiger partial charge in [0.2, 0.25) is 0 Å². The maximum absolute atomic E-state index is 11.7. The van der Waals surface area contributed by atoms with Gasteiger partial charge in [0.1, 0.15) is 5.82 Å². The molecule has 0 spiro atoms. The van der Waals surface area contributed by atoms with Crippen LogP contribution in [0.5, 0.6) is 0 Å². The van der Waals surface area contributed by atoms with E-state index in [-0.39, 0.29) is 0 Å². The number of anilines is 3. The fourth-order valence-electron chi connectivity index (χ4n) is 1.63. The Morgan fingerprint density at radius 2 is 1.91 bits per heavy atom. The van der Waals surface area contributed by atoms with Crippen molar-refractivity contribution in [3.8, 4) is 0 Å². The summed E-state index contributed by atoms with van der Waals surface area (Å²) in [5.41, 5.74) is 2.45. The zero-order valence-corrected chi connectivity index (χ0v) is 14.9. The number of hydrogen-bond donors (Lipinski definition) is 2. The lowest BCUT2D eigenvalue weighted by Gasteiger charge is -2.13. The van der Waals surface area contributed by atoms with E-state index in [1.165, 1.54) is 20.3 Å². The fourth-order valence-corrected chi connectivity index (χ4v) is 2.82. The Kier molecular flexibility index (Phi) is 5.05. The molecule has 2 rings (SSSR count). The average molecular weight is 385 g/mol. The second-order valence-electron chi connectivity index (χ2n) is 4.93. The van der Waals surface area contributed by atoms with E-state index in [0.717, 1.165) is 20.0 Å². The molecule has 0 saturated carbocycles. The van der Waals surface area contributed by atoms with Crippen LogP contribution in [0.4, 0.5) is 17.2 Å². The summed E-state index contributed by atoms with van der Waals surface area (Å²) in [6, 6.07) is 9.30. The normalized spacial score (nSPS) is 11.5. The highest BCUT2D eigenvalue weighted by atomic mass is 79.9. The first-order chi connectivity index (χ1) is 10.3. The van der Waals surface area contributed by atoms with Crippen LogP contribution in [-0.4, -0.2) is 31.8 Å². The van der Waals surface area contributed by atoms with Gasteiger partial charge in [-0.25, -0.2) is 4.98 Å². The monoisotopic (exact) mass is 384 g/mol. The second-order valence-corrected chi connectivity index (χ2v) is 7.67. The number of nitrogens with zero attached hydrogens (tertiary/aromatic N) is 2. The van der Waals surface area contributed by atoms with E-state index in [1.54, 1.807) is 12.1 Å². The summed E-state index contributed by atoms with van der Waals surface area (Å²) in [6.07, 6.45) is 1.46. The molecule has 22 heavy (non-hydrogen) atoms. The molecule has 0 aliphatic rings. The number of rotatable bonds is 5. The largest absolute Gasteiger partial charge is 0.339 e. The van der Waals surface area contributed by atoms with Crippen LogP contribution in [-0.2, 0) is 10.2 Å². The van der Waals surface area contributed by atoms with E-state index >= 15 is 0 Å². The SMILES string of the molecule is Cc1ccc(Nc2ccc(NS(=O)(=O)N(C)C)cn2)c(Br)c1. The van der Waals surface area contributed by atoms with Crippen LogP contribution >= 0.6 is 15.9 Å². The van der Waals surface area contributed by atoms with Gasteiger partial charge in [0, 0.05) is 18.6 Å². The number of benzene rings is 1. The first-order valence-corrected chi connectivity index (χ1v) is 8.71. The van der Waals surface area contributed by atoms with Crippen molar-refractivity contribution >= 4 is 43.3 Å². The smallest absolute Gasteiger partial charge is 0.301 e. The molecule has 0 aliphatic carbocycles. The second kappa shape index (κ2) is 6.64. The van der Waals surface area contributed by atoms with Gasteiger partial charge in [-0.1, -0.05) is 6.07 Å². The van der Waals surface area contributed by atoms with E-state index in [0.29, 0.717) is 11.5 Å². The number of aromatic nitrogens is 1. The minimum Gasteiger partial charge on any atom is -0.339 e. The predicted octanol–water partition coefficient (Wildman–Crippen LogP) is 3.11. The van der Waals surface area contributed by atoms with Gasteiger partial charge in [0.05, 0.1) is 17.6 Å². The molecule has 1 aromatic heterocycles. The Labute approximate surface area is 138 Å². The molecule has 6 nitrogen and oxygen atoms in total. The highest BCUT2D eigenvalue weighted by Crippen LogP contribution is 2.26. The van der Waals surface area contributed by atoms with Gasteiger partial charge in [0.25, 0.3) is 0 Å². The van der Waals surface area contributed by atoms with Gasteiger partial charge < -0.3 is 5.32 Å². The summed E-state index contributed by atoms with van der Waals surface area (Å²) in [5, 5.41) is 3.17. The zero-order chi connectivity index (χ0) is 16.3. The highest BCUT2D eigenvalue weighted by molar-refractivity contribution is 9.10. The average Bonchev–Trinajstić information content (AvgIpc) is 2.43. The molecule has 0 atom stereocenters. The van der Waals surface area contributed by atoms with Crippen molar-refractivity contribution in [1.29, 1.82) is 0 Å². The molecular formula is C14H17BrN4O2S. The van der Waals surface area contributed by atoms with Gasteiger partial charge >= 0.3 is 10.2 Å². The van der Waals surface area contributed by atoms with Crippen LogP contribution < -0.4 is 10.0 Å². The molecule has 118 valence electrons. The van der Waals surface area contributed by atoms with E-state index in [9.17, 15) is 8.42 Å². The van der Waals surface area contributed by atoms with E-state index in [4.69, 9.17) is 0 Å². The number of hydrogen-bond acceptors (Lipinski definition) is 4. The molecule has 8 heteroatoms. The van der Waals surface area contributed by atoms with Gasteiger partial charge in [0.15, 0.2) is 0 Å². The summed E-state index contributed by atoms with van der Waals surface area (Å²) in [7, 11) is -0.601. The Balaban J connectivity index is 2.12. The lowest BCUT2D eigenvalue weighted by molar-refractivity contribution is 0.527. The third-order valence-corrected chi connectivity index (χ3v) is 4.99. The van der Waals surface area contributed by atoms with Crippen molar-refractivity contribution in [1.82, 2.24) is 9.29 Å². The topological polar surface area (TPSA) is 74.3 Å². The molecule has 2 aromatic rings. The van der Waals surface area contributed by atoms with Gasteiger partial charge in [-0.15, -0.1) is 0 Å². The quantitative estimate of drug-likeness (QED) is 0.830. The third kappa shape index (κ3) is 4.19. The maximum Gasteiger partial charge on any atom is 0.301 e. The van der Waals surface area contributed by atoms with Crippen LogP contribution in [0.15, 0.2) is 41.0 Å². The van der Waals surface area contributed by atoms with E-state index in [2.05, 4.69) is 31.0 Å². The van der Waals surface area contributed by atoms with Crippen LogP contribution in [0.3, 0.4) is 0 Å². The summed E-state index contributed by atoms with van der Waals surface area (Å²) in [5.74, 6) is 0.623. The summed E-state index contributed by atoms with van der Waals surface area (Å²) < 4.78 is 27.9. The number of halogens is 1. The van der Waals surface area contributed by atoms with Gasteiger partial charge in [-0.2, -0.15) is 12.7 Å². The molecule has 0 radical (unpaired) electrons. The van der Waals surface area contributed by atoms with Crippen molar-refractivity contribution in [2.75, 3.05) is 24.1 Å². The minimum atomic E-state index is -3.52. The van der Waals surface area contributed by atoms with Crippen LogP contribution in [0, 0.1) is 6.92 Å². The first-order valence-electron chi connectivity index (χ1n) is 6.47. The molecule has 0 amide bonds. The first kappa shape index (κ1) is 16.7. The fraction of sp³-hybridized carbons (Fsp3) is 0.214. The van der Waals surface area contributed by atoms with Crippen molar-refractivity contribution in [2.24, 2.45) is 0 Å². The third-order valence-electron chi connectivity index (χ3n) is 2.88. The Bertz CT molecular complexity index is 761. The Morgan fingerprint density at radius 1 is 1.18 bits per heavy atom. The molecule has 2 N–H and O–H groups in total. The van der Waals surface area contributed by atoms with Crippen molar-refractivity contribution < 1.29 is 8.42 Å². The summed E-state index contributed by atoms with van der Waals surface area (Å²) >= 11 is 3.49. The van der Waals surface area contributed by atoms with Crippen molar-refractivity contribution in [3.63, 3.8) is 0 Å². The highest BCUT2D eigenvalue weighted by Gasteiger charge is 2.13. The number of nitrogens with one attached hydrogen (secondary N) is 2. The van der Waals surface area contributed by atoms with Crippen LogP contribution in [0.1, 0.15) is 5.56 Å². The van der Waals surface area contributed by atoms with Crippen molar-refractivity contribution in [2.45, 2.75) is 6.92 Å². The van der Waals surface area contributed by atoms with E-state index in [1.807, 2.05) is 25.1 Å². The van der Waals surface area contributed by atoms with E-state index < -0.39 is 10.2 Å². The minimum absolute atomic E-state index is 0.405. The van der Waals surface area contributed by atoms with Crippen molar-refractivity contribution in [3.05, 3.63) is 46.6 Å². The lowest BCUT2D eigenvalue weighted by atomic mass is 10.2. The molecular weight excluding hydrogens is 368 g/mol. The molecule has 0 fully saturated rings. The molecule has 0 unspecified atom stereocenters.